The third kappa shape index (κ3) is 3.99. The molecular formula is C20H25N5O. The van der Waals surface area contributed by atoms with Crippen molar-refractivity contribution in [2.75, 3.05) is 25.5 Å². The van der Waals surface area contributed by atoms with E-state index < -0.39 is 6.23 Å². The van der Waals surface area contributed by atoms with E-state index in [0.29, 0.717) is 11.1 Å². The average molecular weight is 351 g/mol. The lowest BCUT2D eigenvalue weighted by Gasteiger charge is -2.25. The molecule has 6 heteroatoms. The molecule has 0 saturated heterocycles. The molecule has 0 aliphatic heterocycles. The van der Waals surface area contributed by atoms with Crippen molar-refractivity contribution in [2.45, 2.75) is 19.2 Å². The number of fused-ring (bicyclic) bond motifs is 1. The third-order valence-electron chi connectivity index (χ3n) is 4.56. The Morgan fingerprint density at radius 3 is 2.58 bits per heavy atom. The normalized spacial score (nSPS) is 13.7. The monoisotopic (exact) mass is 351 g/mol. The number of anilines is 1. The van der Waals surface area contributed by atoms with Crippen LogP contribution < -0.4 is 11.1 Å². The summed E-state index contributed by atoms with van der Waals surface area (Å²) in [6.07, 6.45) is 0.430. The number of aromatic nitrogens is 2. The van der Waals surface area contributed by atoms with E-state index in [-0.39, 0.29) is 6.04 Å². The first-order valence-corrected chi connectivity index (χ1v) is 8.77. The fraction of sp³-hybridized carbons (Fsp3) is 0.300. The fourth-order valence-corrected chi connectivity index (χ4v) is 2.99. The number of rotatable bonds is 7. The van der Waals surface area contributed by atoms with Crippen molar-refractivity contribution in [2.24, 2.45) is 5.73 Å². The van der Waals surface area contributed by atoms with E-state index in [0.717, 1.165) is 24.3 Å². The first kappa shape index (κ1) is 18.3. The maximum Gasteiger partial charge on any atom is 0.137 e. The molecule has 1 aromatic heterocycles. The van der Waals surface area contributed by atoms with Crippen LogP contribution in [0.25, 0.3) is 10.9 Å². The SMILES string of the molecule is CCN(C)CC(Nc1ncnc2c(C(N)O)cccc12)c1ccccc1. The molecule has 4 N–H and O–H groups in total. The van der Waals surface area contributed by atoms with Gasteiger partial charge < -0.3 is 21.1 Å². The molecule has 0 saturated carbocycles. The van der Waals surface area contributed by atoms with Crippen molar-refractivity contribution in [3.05, 3.63) is 66.0 Å². The number of likely N-dealkylation sites (N-methyl/N-ethyl adjacent to an activating group) is 1. The number of aliphatic hydroxyl groups excluding tert-OH is 1. The summed E-state index contributed by atoms with van der Waals surface area (Å²) < 4.78 is 0. The number of para-hydroxylation sites is 1. The molecule has 1 heterocycles. The molecule has 26 heavy (non-hydrogen) atoms. The number of nitrogens with two attached hydrogens (primary N) is 1. The van der Waals surface area contributed by atoms with E-state index in [9.17, 15) is 5.11 Å². The summed E-state index contributed by atoms with van der Waals surface area (Å²) in [4.78, 5) is 11.0. The van der Waals surface area contributed by atoms with Gasteiger partial charge in [0.1, 0.15) is 18.4 Å². The van der Waals surface area contributed by atoms with E-state index >= 15 is 0 Å². The molecule has 0 bridgehead atoms. The second-order valence-corrected chi connectivity index (χ2v) is 6.37. The molecule has 2 aromatic carbocycles. The van der Waals surface area contributed by atoms with Crippen LogP contribution >= 0.6 is 0 Å². The topological polar surface area (TPSA) is 87.3 Å². The second kappa shape index (κ2) is 8.23. The maximum absolute atomic E-state index is 9.81. The van der Waals surface area contributed by atoms with Crippen molar-refractivity contribution in [3.8, 4) is 0 Å². The van der Waals surface area contributed by atoms with Gasteiger partial charge in [0.05, 0.1) is 11.6 Å². The van der Waals surface area contributed by atoms with Gasteiger partial charge in [0.25, 0.3) is 0 Å². The van der Waals surface area contributed by atoms with E-state index in [1.165, 1.54) is 11.9 Å². The summed E-state index contributed by atoms with van der Waals surface area (Å²) in [5.41, 5.74) is 8.12. The Hall–Kier alpha value is -2.54. The zero-order valence-electron chi connectivity index (χ0n) is 15.1. The number of benzene rings is 2. The molecule has 0 aliphatic carbocycles. The van der Waals surface area contributed by atoms with Gasteiger partial charge in [-0.15, -0.1) is 0 Å². The van der Waals surface area contributed by atoms with Gasteiger partial charge in [-0.3, -0.25) is 0 Å². The predicted molar refractivity (Wildman–Crippen MR) is 105 cm³/mol. The van der Waals surface area contributed by atoms with Crippen molar-refractivity contribution in [1.82, 2.24) is 14.9 Å². The Bertz CT molecular complexity index is 853. The highest BCUT2D eigenvalue weighted by atomic mass is 16.3. The summed E-state index contributed by atoms with van der Waals surface area (Å²) in [6.45, 7) is 3.93. The number of nitrogens with zero attached hydrogens (tertiary/aromatic N) is 3. The quantitative estimate of drug-likeness (QED) is 0.567. The molecule has 0 amide bonds. The zero-order valence-corrected chi connectivity index (χ0v) is 15.1. The molecule has 3 aromatic rings. The largest absolute Gasteiger partial charge is 0.374 e. The van der Waals surface area contributed by atoms with E-state index in [4.69, 9.17) is 5.73 Å². The molecule has 2 unspecified atom stereocenters. The Kier molecular flexibility index (Phi) is 5.78. The van der Waals surface area contributed by atoms with E-state index in [1.54, 1.807) is 6.07 Å². The highest BCUT2D eigenvalue weighted by molar-refractivity contribution is 5.91. The van der Waals surface area contributed by atoms with Crippen LogP contribution in [0.1, 0.15) is 30.3 Å². The molecule has 0 aliphatic rings. The Morgan fingerprint density at radius 1 is 1.12 bits per heavy atom. The lowest BCUT2D eigenvalue weighted by Crippen LogP contribution is -2.28. The first-order valence-electron chi connectivity index (χ1n) is 8.77. The van der Waals surface area contributed by atoms with Crippen LogP contribution in [0.15, 0.2) is 54.9 Å². The first-order chi connectivity index (χ1) is 12.6. The molecule has 3 rings (SSSR count). The van der Waals surface area contributed by atoms with Crippen LogP contribution in [0.4, 0.5) is 5.82 Å². The molecule has 136 valence electrons. The van der Waals surface area contributed by atoms with Crippen molar-refractivity contribution >= 4 is 16.7 Å². The van der Waals surface area contributed by atoms with Crippen molar-refractivity contribution < 1.29 is 5.11 Å². The van der Waals surface area contributed by atoms with Gasteiger partial charge in [0.15, 0.2) is 0 Å². The van der Waals surface area contributed by atoms with Gasteiger partial charge in [-0.2, -0.15) is 0 Å². The molecule has 2 atom stereocenters. The fourth-order valence-electron chi connectivity index (χ4n) is 2.99. The average Bonchev–Trinajstić information content (AvgIpc) is 2.67. The lowest BCUT2D eigenvalue weighted by molar-refractivity contribution is 0.187. The Morgan fingerprint density at radius 2 is 1.88 bits per heavy atom. The molecule has 6 nitrogen and oxygen atoms in total. The van der Waals surface area contributed by atoms with Crippen LogP contribution in [-0.2, 0) is 0 Å². The number of hydrogen-bond donors (Lipinski definition) is 3. The molecule has 0 spiro atoms. The Labute approximate surface area is 153 Å². The van der Waals surface area contributed by atoms with Gasteiger partial charge in [-0.05, 0) is 25.2 Å². The summed E-state index contributed by atoms with van der Waals surface area (Å²) in [6, 6.07) is 16.0. The van der Waals surface area contributed by atoms with E-state index in [1.807, 2.05) is 30.3 Å². The molecule has 0 radical (unpaired) electrons. The summed E-state index contributed by atoms with van der Waals surface area (Å²) in [5, 5.41) is 14.2. The van der Waals surface area contributed by atoms with Crippen LogP contribution in [0.2, 0.25) is 0 Å². The van der Waals surface area contributed by atoms with Gasteiger partial charge >= 0.3 is 0 Å². The third-order valence-corrected chi connectivity index (χ3v) is 4.56. The van der Waals surface area contributed by atoms with E-state index in [2.05, 4.69) is 46.3 Å². The lowest BCUT2D eigenvalue weighted by atomic mass is 10.1. The highest BCUT2D eigenvalue weighted by Gasteiger charge is 2.17. The van der Waals surface area contributed by atoms with Gasteiger partial charge in [0.2, 0.25) is 0 Å². The zero-order chi connectivity index (χ0) is 18.5. The maximum atomic E-state index is 9.81. The van der Waals surface area contributed by atoms with Gasteiger partial charge in [-0.1, -0.05) is 49.4 Å². The molecule has 0 fully saturated rings. The number of nitrogens with one attached hydrogen (secondary N) is 1. The van der Waals surface area contributed by atoms with Crippen molar-refractivity contribution in [1.29, 1.82) is 0 Å². The number of aliphatic hydroxyl groups is 1. The minimum absolute atomic E-state index is 0.0747. The van der Waals surface area contributed by atoms with Crippen LogP contribution in [0, 0.1) is 0 Å². The number of hydrogen-bond acceptors (Lipinski definition) is 6. The highest BCUT2D eigenvalue weighted by Crippen LogP contribution is 2.27. The van der Waals surface area contributed by atoms with Gasteiger partial charge in [0, 0.05) is 17.5 Å². The Balaban J connectivity index is 2.00. The standard InChI is InChI=1S/C20H25N5O/c1-3-25(2)12-17(14-8-5-4-6-9-14)24-20-16-11-7-10-15(19(21)26)18(16)22-13-23-20/h4-11,13,17,19,26H,3,12,21H2,1-2H3,(H,22,23,24). The van der Waals surface area contributed by atoms with Crippen LogP contribution in [0.5, 0.6) is 0 Å². The summed E-state index contributed by atoms with van der Waals surface area (Å²) in [7, 11) is 2.10. The minimum atomic E-state index is -1.07. The predicted octanol–water partition coefficient (Wildman–Crippen LogP) is 2.68. The molecular weight excluding hydrogens is 326 g/mol. The smallest absolute Gasteiger partial charge is 0.137 e. The van der Waals surface area contributed by atoms with Crippen LogP contribution in [-0.4, -0.2) is 40.1 Å². The van der Waals surface area contributed by atoms with Gasteiger partial charge in [-0.25, -0.2) is 9.97 Å². The summed E-state index contributed by atoms with van der Waals surface area (Å²) in [5.74, 6) is 0.732. The summed E-state index contributed by atoms with van der Waals surface area (Å²) >= 11 is 0. The van der Waals surface area contributed by atoms with Crippen LogP contribution in [0.3, 0.4) is 0 Å². The van der Waals surface area contributed by atoms with Crippen molar-refractivity contribution in [3.63, 3.8) is 0 Å². The second-order valence-electron chi connectivity index (χ2n) is 6.37. The minimum Gasteiger partial charge on any atom is -0.374 e.